The van der Waals surface area contributed by atoms with E-state index in [1.54, 1.807) is 24.3 Å². The van der Waals surface area contributed by atoms with Gasteiger partial charge in [-0.25, -0.2) is 0 Å². The maximum Gasteiger partial charge on any atom is 0.157 e. The van der Waals surface area contributed by atoms with Gasteiger partial charge in [0, 0.05) is 96.9 Å². The van der Waals surface area contributed by atoms with Crippen LogP contribution in [0.3, 0.4) is 0 Å². The Morgan fingerprint density at radius 2 is 0.545 bits per heavy atom. The number of ketones is 4. The fraction of sp³-hybridized carbons (Fsp3) is 0.667. The minimum atomic E-state index is 0.262. The van der Waals surface area contributed by atoms with Crippen molar-refractivity contribution in [3.05, 3.63) is 47.1 Å². The van der Waals surface area contributed by atoms with E-state index in [2.05, 4.69) is 21.3 Å². The average Bonchev–Trinajstić information content (AvgIpc) is 3.00. The molecule has 0 bridgehead atoms. The summed E-state index contributed by atoms with van der Waals surface area (Å²) in [7, 11) is 0. The summed E-state index contributed by atoms with van der Waals surface area (Å²) in [6.45, 7) is 0. The molecule has 0 aromatic carbocycles. The highest BCUT2D eigenvalue weighted by molar-refractivity contribution is 5.92. The van der Waals surface area contributed by atoms with E-state index in [1.807, 2.05) is 0 Å². The van der Waals surface area contributed by atoms with Gasteiger partial charge in [-0.3, -0.25) is 19.2 Å². The molecule has 2 saturated carbocycles. The van der Waals surface area contributed by atoms with Gasteiger partial charge in [-0.1, -0.05) is 0 Å². The first-order valence-electron chi connectivity index (χ1n) is 17.4. The van der Waals surface area contributed by atoms with E-state index in [9.17, 15) is 19.2 Å². The molecular weight excluding hydrogens is 552 g/mol. The number of hydrogen-bond donors (Lipinski definition) is 4. The van der Waals surface area contributed by atoms with Crippen LogP contribution in [0.1, 0.15) is 128 Å². The van der Waals surface area contributed by atoms with Crippen molar-refractivity contribution >= 4 is 23.1 Å². The summed E-state index contributed by atoms with van der Waals surface area (Å²) < 4.78 is 0. The van der Waals surface area contributed by atoms with Crippen LogP contribution in [0.2, 0.25) is 0 Å². The molecule has 0 aromatic heterocycles. The first-order chi connectivity index (χ1) is 21.4. The van der Waals surface area contributed by atoms with Gasteiger partial charge in [-0.2, -0.15) is 0 Å². The van der Waals surface area contributed by atoms with E-state index in [-0.39, 0.29) is 23.1 Å². The normalized spacial score (nSPS) is 29.6. The standard InChI is InChI=1S/2C18H26N2O2/c2*21-17-5-1-3-15(11-17)19-13-7-9-14(10-8-13)20-16-4-2-6-18(22)12-16/h2*11-14,19-20H,1-10H2. The fourth-order valence-corrected chi connectivity index (χ4v) is 7.44. The second-order valence-corrected chi connectivity index (χ2v) is 13.6. The molecule has 6 rings (SSSR count). The van der Waals surface area contributed by atoms with Crippen molar-refractivity contribution in [3.8, 4) is 0 Å². The molecule has 6 aliphatic rings. The zero-order chi connectivity index (χ0) is 30.7. The highest BCUT2D eigenvalue weighted by Gasteiger charge is 2.25. The zero-order valence-corrected chi connectivity index (χ0v) is 26.4. The van der Waals surface area contributed by atoms with E-state index < -0.39 is 0 Å². The summed E-state index contributed by atoms with van der Waals surface area (Å²) in [4.78, 5) is 45.8. The maximum atomic E-state index is 11.5. The number of allylic oxidation sites excluding steroid dienone is 8. The first-order valence-corrected chi connectivity index (χ1v) is 17.4. The fourth-order valence-electron chi connectivity index (χ4n) is 7.44. The molecule has 0 atom stereocenters. The Morgan fingerprint density at radius 3 is 0.727 bits per heavy atom. The zero-order valence-electron chi connectivity index (χ0n) is 26.4. The molecule has 6 aliphatic carbocycles. The van der Waals surface area contributed by atoms with Crippen LogP contribution < -0.4 is 21.3 Å². The third-order valence-corrected chi connectivity index (χ3v) is 9.83. The summed E-state index contributed by atoms with van der Waals surface area (Å²) in [6, 6.07) is 1.99. The third-order valence-electron chi connectivity index (χ3n) is 9.83. The molecule has 8 heteroatoms. The number of hydrogen-bond acceptors (Lipinski definition) is 8. The lowest BCUT2D eigenvalue weighted by atomic mass is 9.89. The largest absolute Gasteiger partial charge is 0.386 e. The van der Waals surface area contributed by atoms with Crippen LogP contribution in [0, 0.1) is 0 Å². The Bertz CT molecular complexity index is 998. The molecule has 0 amide bonds. The molecule has 0 radical (unpaired) electrons. The molecule has 44 heavy (non-hydrogen) atoms. The smallest absolute Gasteiger partial charge is 0.157 e. The van der Waals surface area contributed by atoms with Gasteiger partial charge in [0.15, 0.2) is 23.1 Å². The lowest BCUT2D eigenvalue weighted by Gasteiger charge is -2.33. The number of carbonyl (C=O) groups excluding carboxylic acids is 4. The molecule has 2 fully saturated rings. The number of rotatable bonds is 8. The summed E-state index contributed by atoms with van der Waals surface area (Å²) in [6.07, 6.45) is 27.0. The number of carbonyl (C=O) groups is 4. The summed E-state index contributed by atoms with van der Waals surface area (Å²) in [5, 5.41) is 14.3. The van der Waals surface area contributed by atoms with Gasteiger partial charge >= 0.3 is 0 Å². The van der Waals surface area contributed by atoms with Crippen LogP contribution in [0.4, 0.5) is 0 Å². The Morgan fingerprint density at radius 1 is 0.341 bits per heavy atom. The lowest BCUT2D eigenvalue weighted by molar-refractivity contribution is -0.115. The van der Waals surface area contributed by atoms with Crippen molar-refractivity contribution in [1.29, 1.82) is 0 Å². The van der Waals surface area contributed by atoms with E-state index >= 15 is 0 Å². The topological polar surface area (TPSA) is 116 Å². The molecule has 0 saturated heterocycles. The van der Waals surface area contributed by atoms with Crippen molar-refractivity contribution in [2.75, 3.05) is 0 Å². The van der Waals surface area contributed by atoms with Gasteiger partial charge in [0.25, 0.3) is 0 Å². The van der Waals surface area contributed by atoms with Crippen molar-refractivity contribution in [1.82, 2.24) is 21.3 Å². The highest BCUT2D eigenvalue weighted by Crippen LogP contribution is 2.25. The van der Waals surface area contributed by atoms with Gasteiger partial charge < -0.3 is 21.3 Å². The second kappa shape index (κ2) is 16.2. The van der Waals surface area contributed by atoms with Gasteiger partial charge in [0.1, 0.15) is 0 Å². The molecule has 8 nitrogen and oxygen atoms in total. The van der Waals surface area contributed by atoms with Gasteiger partial charge in [-0.05, 0) is 103 Å². The highest BCUT2D eigenvalue weighted by atomic mass is 16.1. The van der Waals surface area contributed by atoms with Gasteiger partial charge in [0.2, 0.25) is 0 Å². The summed E-state index contributed by atoms with van der Waals surface area (Å²) >= 11 is 0. The Labute approximate surface area is 263 Å². The van der Waals surface area contributed by atoms with E-state index in [1.165, 1.54) is 0 Å². The van der Waals surface area contributed by atoms with E-state index in [0.29, 0.717) is 49.9 Å². The quantitative estimate of drug-likeness (QED) is 0.287. The maximum absolute atomic E-state index is 11.5. The van der Waals surface area contributed by atoms with Crippen LogP contribution in [0.25, 0.3) is 0 Å². The predicted octanol–water partition coefficient (Wildman–Crippen LogP) is 5.50. The lowest BCUT2D eigenvalue weighted by Crippen LogP contribution is -2.40. The third kappa shape index (κ3) is 10.5. The van der Waals surface area contributed by atoms with Crippen molar-refractivity contribution in [2.45, 2.75) is 153 Å². The molecule has 0 spiro atoms. The Balaban J connectivity index is 0.000000175. The molecule has 0 heterocycles. The molecule has 0 aromatic rings. The molecule has 240 valence electrons. The molecule has 0 aliphatic heterocycles. The Kier molecular flexibility index (Phi) is 11.9. The minimum absolute atomic E-state index is 0.262. The van der Waals surface area contributed by atoms with Gasteiger partial charge in [-0.15, -0.1) is 0 Å². The minimum Gasteiger partial charge on any atom is -0.386 e. The first kappa shape index (κ1) is 32.2. The van der Waals surface area contributed by atoms with Crippen molar-refractivity contribution in [2.24, 2.45) is 0 Å². The van der Waals surface area contributed by atoms with Crippen molar-refractivity contribution in [3.63, 3.8) is 0 Å². The number of nitrogens with one attached hydrogen (secondary N) is 4. The van der Waals surface area contributed by atoms with Crippen LogP contribution in [0.15, 0.2) is 47.1 Å². The monoisotopic (exact) mass is 604 g/mol. The van der Waals surface area contributed by atoms with E-state index in [0.717, 1.165) is 126 Å². The van der Waals surface area contributed by atoms with Crippen molar-refractivity contribution < 1.29 is 19.2 Å². The summed E-state index contributed by atoms with van der Waals surface area (Å²) in [5.74, 6) is 1.05. The predicted molar refractivity (Wildman–Crippen MR) is 172 cm³/mol. The molecular formula is C36H52N4O4. The summed E-state index contributed by atoms with van der Waals surface area (Å²) in [5.41, 5.74) is 4.53. The second-order valence-electron chi connectivity index (χ2n) is 13.6. The molecule has 0 unspecified atom stereocenters. The Hall–Kier alpha value is -3.16. The van der Waals surface area contributed by atoms with Crippen LogP contribution in [-0.2, 0) is 19.2 Å². The van der Waals surface area contributed by atoms with E-state index in [4.69, 9.17) is 0 Å². The van der Waals surface area contributed by atoms with Crippen LogP contribution in [0.5, 0.6) is 0 Å². The SMILES string of the molecule is O=C1C=C(NC2CCC(NC3=CC(=O)CCC3)CC2)CCC1.O=C1C=C(NC2CCC(NC3=CC(=O)CCC3)CC2)CCC1. The van der Waals surface area contributed by atoms with Crippen LogP contribution >= 0.6 is 0 Å². The average molecular weight is 605 g/mol. The van der Waals surface area contributed by atoms with Crippen LogP contribution in [-0.4, -0.2) is 47.3 Å². The molecule has 4 N–H and O–H groups in total. The van der Waals surface area contributed by atoms with Gasteiger partial charge in [0.05, 0.1) is 0 Å².